The summed E-state index contributed by atoms with van der Waals surface area (Å²) in [4.78, 5) is 10.0. The van der Waals surface area contributed by atoms with Gasteiger partial charge in [-0.2, -0.15) is 0 Å². The Morgan fingerprint density at radius 3 is 0.857 bits per heavy atom. The molecule has 0 atom stereocenters. The lowest BCUT2D eigenvalue weighted by molar-refractivity contribution is 0.109. The minimum atomic E-state index is 0.729. The van der Waals surface area contributed by atoms with E-state index in [0.717, 1.165) is 61.2 Å². The van der Waals surface area contributed by atoms with Gasteiger partial charge in [-0.1, -0.05) is 54.6 Å². The Labute approximate surface area is 413 Å². The third-order valence-corrected chi connectivity index (χ3v) is 13.7. The Hall–Kier alpha value is -7.19. The van der Waals surface area contributed by atoms with Crippen LogP contribution < -0.4 is 24.3 Å². The molecule has 10 rings (SSSR count). The number of carbonyl (C=O) groups excluding carboxylic acids is 1. The van der Waals surface area contributed by atoms with Gasteiger partial charge in [0.05, 0.1) is 41.7 Å². The average Bonchev–Trinajstić information content (AvgIpc) is 3.36. The molecular weight excluding hydrogens is 867 g/mol. The number of aldehydes is 1. The summed E-state index contributed by atoms with van der Waals surface area (Å²) in [6, 6.07) is 40.7. The van der Waals surface area contributed by atoms with Crippen LogP contribution in [0.4, 0.5) is 0 Å². The van der Waals surface area contributed by atoms with Gasteiger partial charge in [0.25, 0.3) is 0 Å². The number of carbonyl (C=O) groups is 1. The van der Waals surface area contributed by atoms with Crippen LogP contribution in [0.25, 0.3) is 76.8 Å². The van der Waals surface area contributed by atoms with E-state index < -0.39 is 0 Å². The van der Waals surface area contributed by atoms with Crippen LogP contribution in [0.2, 0.25) is 0 Å². The second kappa shape index (κ2) is 21.2. The zero-order valence-electron chi connectivity index (χ0n) is 42.8. The van der Waals surface area contributed by atoms with Crippen molar-refractivity contribution in [3.63, 3.8) is 0 Å². The molecule has 0 radical (unpaired) electrons. The number of morpholine rings is 1. The van der Waals surface area contributed by atoms with Gasteiger partial charge in [-0.25, -0.2) is 0 Å². The minimum Gasteiger partial charge on any atom is -0.497 e. The van der Waals surface area contributed by atoms with E-state index in [2.05, 4.69) is 146 Å². The molecule has 9 aromatic rings. The fourth-order valence-corrected chi connectivity index (χ4v) is 10.7. The van der Waals surface area contributed by atoms with Gasteiger partial charge >= 0.3 is 0 Å². The number of nitrogens with one attached hydrogen (secondary N) is 1. The van der Waals surface area contributed by atoms with Gasteiger partial charge in [0, 0.05) is 18.7 Å². The van der Waals surface area contributed by atoms with E-state index >= 15 is 0 Å². The molecule has 358 valence electrons. The van der Waals surface area contributed by atoms with Crippen molar-refractivity contribution in [3.05, 3.63) is 165 Å². The first kappa shape index (κ1) is 49.2. The summed E-state index contributed by atoms with van der Waals surface area (Å²) in [5, 5.41) is 10.6. The van der Waals surface area contributed by atoms with Crippen molar-refractivity contribution in [2.24, 2.45) is 0 Å². The first-order valence-corrected chi connectivity index (χ1v) is 24.0. The Morgan fingerprint density at radius 1 is 0.400 bits per heavy atom. The summed E-state index contributed by atoms with van der Waals surface area (Å²) < 4.78 is 28.0. The highest BCUT2D eigenvalue weighted by Crippen LogP contribution is 2.51. The number of ether oxygens (including phenoxy) is 5. The normalized spacial score (nSPS) is 12.3. The second-order valence-electron chi connectivity index (χ2n) is 18.5. The van der Waals surface area contributed by atoms with Crippen molar-refractivity contribution in [2.45, 2.75) is 55.4 Å². The largest absolute Gasteiger partial charge is 0.497 e. The zero-order chi connectivity index (χ0) is 49.8. The first-order valence-electron chi connectivity index (χ1n) is 24.0. The van der Waals surface area contributed by atoms with Crippen LogP contribution in [-0.2, 0) is 4.74 Å². The second-order valence-corrected chi connectivity index (χ2v) is 18.5. The smallest absolute Gasteiger partial charge is 0.150 e. The van der Waals surface area contributed by atoms with E-state index in [1.54, 1.807) is 40.6 Å². The molecule has 1 heterocycles. The SMILES string of the molecule is C1COCCN1.COc1cc(C)c(-c2cc(-c3c(C)cc(OC)cc3C)c3ccc4c(-c5c(C)cc(OC)cc5C)cc(-c5c(C)cc(OC)cc5C)c5ccc2c3c54)c(C)c1.O=Cc1ccccc1. The van der Waals surface area contributed by atoms with Gasteiger partial charge < -0.3 is 29.0 Å². The van der Waals surface area contributed by atoms with Crippen molar-refractivity contribution in [3.8, 4) is 67.5 Å². The van der Waals surface area contributed by atoms with E-state index in [9.17, 15) is 4.79 Å². The minimum absolute atomic E-state index is 0.729. The third kappa shape index (κ3) is 9.56. The molecule has 0 amide bonds. The quantitative estimate of drug-likeness (QED) is 0.114. The summed E-state index contributed by atoms with van der Waals surface area (Å²) in [5.74, 6) is 3.48. The van der Waals surface area contributed by atoms with Gasteiger partial charge in [0.2, 0.25) is 0 Å². The van der Waals surface area contributed by atoms with Crippen LogP contribution in [-0.4, -0.2) is 61.0 Å². The summed E-state index contributed by atoms with van der Waals surface area (Å²) in [7, 11) is 6.96. The predicted molar refractivity (Wildman–Crippen MR) is 292 cm³/mol. The first-order chi connectivity index (χ1) is 33.8. The molecule has 0 bridgehead atoms. The monoisotopic (exact) mass is 931 g/mol. The van der Waals surface area contributed by atoms with Crippen molar-refractivity contribution in [2.75, 3.05) is 54.7 Å². The maximum Gasteiger partial charge on any atom is 0.150 e. The maximum absolute atomic E-state index is 10.0. The van der Waals surface area contributed by atoms with Gasteiger partial charge in [0.15, 0.2) is 0 Å². The van der Waals surface area contributed by atoms with Crippen LogP contribution in [0.1, 0.15) is 54.9 Å². The van der Waals surface area contributed by atoms with E-state index in [4.69, 9.17) is 23.7 Å². The summed E-state index contributed by atoms with van der Waals surface area (Å²) in [6.45, 7) is 21.4. The Bertz CT molecular complexity index is 2880. The molecular formula is C63H65NO6. The molecule has 1 N–H and O–H groups in total. The molecule has 0 saturated carbocycles. The van der Waals surface area contributed by atoms with Crippen molar-refractivity contribution < 1.29 is 28.5 Å². The van der Waals surface area contributed by atoms with E-state index in [-0.39, 0.29) is 0 Å². The Kier molecular flexibility index (Phi) is 14.9. The summed E-state index contributed by atoms with van der Waals surface area (Å²) in [6.07, 6.45) is 0.833. The fourth-order valence-electron chi connectivity index (χ4n) is 10.7. The molecule has 1 aliphatic heterocycles. The zero-order valence-corrected chi connectivity index (χ0v) is 42.8. The number of methoxy groups -OCH3 is 4. The Balaban J connectivity index is 0.000000404. The average molecular weight is 932 g/mol. The van der Waals surface area contributed by atoms with E-state index in [1.165, 1.54) is 121 Å². The van der Waals surface area contributed by atoms with Crippen LogP contribution in [0.15, 0.2) is 115 Å². The van der Waals surface area contributed by atoms with E-state index in [1.807, 2.05) is 18.2 Å². The molecule has 0 aliphatic carbocycles. The molecule has 70 heavy (non-hydrogen) atoms. The number of hydrogen-bond donors (Lipinski definition) is 1. The highest BCUT2D eigenvalue weighted by molar-refractivity contribution is 6.32. The predicted octanol–water partition coefficient (Wildman–Crippen LogP) is 14.9. The number of hydrogen-bond acceptors (Lipinski definition) is 7. The number of aryl methyl sites for hydroxylation is 8. The summed E-state index contributed by atoms with van der Waals surface area (Å²) in [5.41, 5.74) is 20.0. The standard InChI is InChI=1S/C52H50O4.C7H6O.C4H9NO/c1-27-17-35(53-9)18-28(2)47(27)43-25-44(48-29(3)19-36(54-10)20-30(48)4)40-15-16-42-46(50-33(7)23-38(56-12)24-34(50)8)26-45(41-14-13-39(43)51(40)52(41)42)49-31(5)21-37(55-11)22-32(49)6;8-6-7-4-2-1-3-5-7;1-3-6-4-2-5-1/h13-26H,1-12H3;1-6H;5H,1-4H2. The molecule has 7 nitrogen and oxygen atoms in total. The molecule has 0 spiro atoms. The van der Waals surface area contributed by atoms with Gasteiger partial charge in [-0.15, -0.1) is 0 Å². The molecule has 0 aromatic heterocycles. The van der Waals surface area contributed by atoms with Crippen LogP contribution in [0.5, 0.6) is 23.0 Å². The van der Waals surface area contributed by atoms with Crippen molar-refractivity contribution in [1.82, 2.24) is 5.32 Å². The topological polar surface area (TPSA) is 75.2 Å². The Morgan fingerprint density at radius 2 is 0.671 bits per heavy atom. The number of rotatable bonds is 9. The van der Waals surface area contributed by atoms with Crippen molar-refractivity contribution in [1.29, 1.82) is 0 Å². The van der Waals surface area contributed by atoms with Gasteiger partial charge in [-0.05, 0) is 237 Å². The molecule has 9 aromatic carbocycles. The fraction of sp³-hybridized carbons (Fsp3) is 0.254. The third-order valence-electron chi connectivity index (χ3n) is 13.7. The van der Waals surface area contributed by atoms with Crippen LogP contribution in [0.3, 0.4) is 0 Å². The van der Waals surface area contributed by atoms with Crippen LogP contribution >= 0.6 is 0 Å². The highest BCUT2D eigenvalue weighted by Gasteiger charge is 2.25. The van der Waals surface area contributed by atoms with Crippen LogP contribution in [0, 0.1) is 55.4 Å². The van der Waals surface area contributed by atoms with Gasteiger partial charge in [0.1, 0.15) is 29.3 Å². The molecule has 1 saturated heterocycles. The molecule has 1 fully saturated rings. The molecule has 0 unspecified atom stereocenters. The van der Waals surface area contributed by atoms with E-state index in [0.29, 0.717) is 0 Å². The van der Waals surface area contributed by atoms with Crippen molar-refractivity contribution >= 4 is 38.6 Å². The van der Waals surface area contributed by atoms with Gasteiger partial charge in [-0.3, -0.25) is 4.79 Å². The molecule has 7 heteroatoms. The summed E-state index contributed by atoms with van der Waals surface area (Å²) >= 11 is 0. The lowest BCUT2D eigenvalue weighted by atomic mass is 9.79. The maximum atomic E-state index is 10.0. The lowest BCUT2D eigenvalue weighted by Gasteiger charge is -2.25. The lowest BCUT2D eigenvalue weighted by Crippen LogP contribution is -2.30. The molecule has 1 aliphatic rings. The number of benzene rings is 9. The highest BCUT2D eigenvalue weighted by atomic mass is 16.5.